The van der Waals surface area contributed by atoms with Crippen molar-refractivity contribution in [3.8, 4) is 0 Å². The Morgan fingerprint density at radius 2 is 1.59 bits per heavy atom. The predicted molar refractivity (Wildman–Crippen MR) is 128 cm³/mol. The smallest absolute Gasteiger partial charge is 0.326 e. The molecule has 0 spiro atoms. The van der Waals surface area contributed by atoms with E-state index in [2.05, 4.69) is 10.0 Å². The van der Waals surface area contributed by atoms with Crippen LogP contribution in [0.2, 0.25) is 0 Å². The number of ether oxygens (including phenoxy) is 1. The fraction of sp³-hybridized carbons (Fsp3) is 0.864. The topological polar surface area (TPSA) is 162 Å². The van der Waals surface area contributed by atoms with Crippen LogP contribution in [0.4, 0.5) is 0 Å². The second kappa shape index (κ2) is 12.8. The summed E-state index contributed by atoms with van der Waals surface area (Å²) in [6, 6.07) is -0.866. The second-order valence-corrected chi connectivity index (χ2v) is 11.8. The molecular weight excluding hydrogens is 466 g/mol. The zero-order valence-corrected chi connectivity index (χ0v) is 22.7. The van der Waals surface area contributed by atoms with Gasteiger partial charge in [-0.2, -0.15) is 17.4 Å². The van der Waals surface area contributed by atoms with Crippen molar-refractivity contribution < 1.29 is 37.8 Å². The second-order valence-electron chi connectivity index (χ2n) is 10.1. The van der Waals surface area contributed by atoms with Crippen molar-refractivity contribution in [2.24, 2.45) is 17.3 Å². The number of carbonyl (C=O) groups is 3. The Bertz CT molecular complexity index is 811. The zero-order chi connectivity index (χ0) is 27.1. The Hall–Kier alpha value is -1.76. The number of carboxylic acid groups (broad SMARTS) is 1. The monoisotopic (exact) mass is 509 g/mol. The van der Waals surface area contributed by atoms with E-state index in [1.54, 1.807) is 6.92 Å². The van der Waals surface area contributed by atoms with Gasteiger partial charge < -0.3 is 20.3 Å². The fourth-order valence-electron chi connectivity index (χ4n) is 2.78. The number of aliphatic hydroxyl groups is 1. The number of esters is 1. The minimum Gasteiger partial charge on any atom is -0.481 e. The molecule has 0 bridgehead atoms. The van der Waals surface area contributed by atoms with Gasteiger partial charge in [-0.15, -0.1) is 0 Å². The summed E-state index contributed by atoms with van der Waals surface area (Å²) in [6.07, 6.45) is -0.795. The minimum absolute atomic E-state index is 0.0755. The van der Waals surface area contributed by atoms with Crippen LogP contribution in [0, 0.1) is 17.3 Å². The van der Waals surface area contributed by atoms with E-state index in [4.69, 9.17) is 4.74 Å². The van der Waals surface area contributed by atoms with Gasteiger partial charge in [-0.1, -0.05) is 20.8 Å². The molecule has 34 heavy (non-hydrogen) atoms. The summed E-state index contributed by atoms with van der Waals surface area (Å²) in [6.45, 7) is 13.9. The van der Waals surface area contributed by atoms with Gasteiger partial charge in [-0.3, -0.25) is 14.4 Å². The lowest BCUT2D eigenvalue weighted by molar-refractivity contribution is -0.153. The molecule has 11 nitrogen and oxygen atoms in total. The third kappa shape index (κ3) is 9.47. The van der Waals surface area contributed by atoms with Crippen LogP contribution in [0.5, 0.6) is 0 Å². The number of aliphatic carboxylic acids is 1. The van der Waals surface area contributed by atoms with Crippen molar-refractivity contribution in [3.63, 3.8) is 0 Å². The van der Waals surface area contributed by atoms with Gasteiger partial charge in [0, 0.05) is 13.1 Å². The maximum atomic E-state index is 13.1. The van der Waals surface area contributed by atoms with Crippen molar-refractivity contribution in [1.29, 1.82) is 0 Å². The van der Waals surface area contributed by atoms with E-state index in [1.807, 2.05) is 13.8 Å². The van der Waals surface area contributed by atoms with Gasteiger partial charge in [0.15, 0.2) is 0 Å². The summed E-state index contributed by atoms with van der Waals surface area (Å²) < 4.78 is 34.5. The molecule has 4 N–H and O–H groups in total. The third-order valence-electron chi connectivity index (χ3n) is 5.83. The molecule has 0 aliphatic carbocycles. The molecule has 0 saturated heterocycles. The van der Waals surface area contributed by atoms with Gasteiger partial charge >= 0.3 is 11.9 Å². The summed E-state index contributed by atoms with van der Waals surface area (Å²) in [5.41, 5.74) is -2.86. The summed E-state index contributed by atoms with van der Waals surface area (Å²) >= 11 is 0. The molecule has 0 aliphatic heterocycles. The lowest BCUT2D eigenvalue weighted by Gasteiger charge is -2.32. The van der Waals surface area contributed by atoms with Gasteiger partial charge in [0.05, 0.1) is 30.1 Å². The van der Waals surface area contributed by atoms with Crippen molar-refractivity contribution in [2.45, 2.75) is 86.4 Å². The number of rotatable bonds is 15. The van der Waals surface area contributed by atoms with Crippen LogP contribution in [-0.4, -0.2) is 78.2 Å². The van der Waals surface area contributed by atoms with E-state index in [0.29, 0.717) is 6.42 Å². The van der Waals surface area contributed by atoms with Gasteiger partial charge in [0.2, 0.25) is 5.91 Å². The highest BCUT2D eigenvalue weighted by Gasteiger charge is 2.40. The standard InChI is InChI=1S/C22H43N3O8S/c1-10-33-20(30)22(8,9)24-34(31,32)25(12-11-14(2)3)13-17(26)16(5)23-18(27)15(4)21(6,7)19(28)29/h14-17,24,26H,10-13H2,1-9H3,(H,23,27)(H,28,29)/t15?,16-,17?/m0/s1. The predicted octanol–water partition coefficient (Wildman–Crippen LogP) is 1.12. The first-order chi connectivity index (χ1) is 15.3. The number of hydrogen-bond acceptors (Lipinski definition) is 7. The molecule has 0 aromatic carbocycles. The molecule has 1 amide bonds. The maximum Gasteiger partial charge on any atom is 0.326 e. The summed E-state index contributed by atoms with van der Waals surface area (Å²) in [5, 5.41) is 22.6. The molecule has 0 saturated carbocycles. The summed E-state index contributed by atoms with van der Waals surface area (Å²) in [5.74, 6) is -3.17. The Kier molecular flexibility index (Phi) is 12.1. The number of nitrogens with one attached hydrogen (secondary N) is 2. The largest absolute Gasteiger partial charge is 0.481 e. The number of amides is 1. The van der Waals surface area contributed by atoms with Crippen LogP contribution in [0.25, 0.3) is 0 Å². The molecule has 0 aromatic heterocycles. The molecule has 0 heterocycles. The molecule has 0 aromatic rings. The fourth-order valence-corrected chi connectivity index (χ4v) is 4.33. The van der Waals surface area contributed by atoms with Crippen LogP contribution >= 0.6 is 0 Å². The summed E-state index contributed by atoms with van der Waals surface area (Å²) in [7, 11) is -4.21. The van der Waals surface area contributed by atoms with E-state index < -0.39 is 57.1 Å². The first-order valence-electron chi connectivity index (χ1n) is 11.5. The SMILES string of the molecule is CCOC(=O)C(C)(C)NS(=O)(=O)N(CCC(C)C)CC(O)[C@H](C)NC(=O)C(C)C(C)(C)C(=O)O. The van der Waals surface area contributed by atoms with Crippen molar-refractivity contribution in [1.82, 2.24) is 14.3 Å². The maximum absolute atomic E-state index is 13.1. The Labute approximate surface area is 203 Å². The number of hydrogen-bond donors (Lipinski definition) is 4. The average Bonchev–Trinajstić information content (AvgIpc) is 2.68. The third-order valence-corrected chi connectivity index (χ3v) is 7.61. The number of carboxylic acids is 1. The van der Waals surface area contributed by atoms with E-state index in [9.17, 15) is 33.0 Å². The molecule has 3 atom stereocenters. The van der Waals surface area contributed by atoms with Crippen molar-refractivity contribution in [2.75, 3.05) is 19.7 Å². The Morgan fingerprint density at radius 3 is 2.03 bits per heavy atom. The number of nitrogens with zero attached hydrogens (tertiary/aromatic N) is 1. The van der Waals surface area contributed by atoms with Crippen LogP contribution in [0.1, 0.15) is 68.7 Å². The summed E-state index contributed by atoms with van der Waals surface area (Å²) in [4.78, 5) is 36.1. The first kappa shape index (κ1) is 32.2. The minimum atomic E-state index is -4.21. The molecular formula is C22H43N3O8S. The normalized spacial score (nSPS) is 15.6. The molecule has 0 fully saturated rings. The van der Waals surface area contributed by atoms with Gasteiger partial charge in [0.1, 0.15) is 5.54 Å². The lowest BCUT2D eigenvalue weighted by atomic mass is 9.79. The van der Waals surface area contributed by atoms with Crippen molar-refractivity contribution >= 4 is 28.1 Å². The lowest BCUT2D eigenvalue weighted by Crippen LogP contribution is -2.57. The van der Waals surface area contributed by atoms with E-state index >= 15 is 0 Å². The molecule has 12 heteroatoms. The highest BCUT2D eigenvalue weighted by molar-refractivity contribution is 7.87. The Balaban J connectivity index is 5.56. The average molecular weight is 510 g/mol. The first-order valence-corrected chi connectivity index (χ1v) is 12.9. The molecule has 0 rings (SSSR count). The molecule has 0 aliphatic rings. The van der Waals surface area contributed by atoms with E-state index in [0.717, 1.165) is 4.31 Å². The van der Waals surface area contributed by atoms with Crippen LogP contribution in [-0.2, 0) is 29.3 Å². The van der Waals surface area contributed by atoms with E-state index in [-0.39, 0.29) is 25.6 Å². The number of carbonyl (C=O) groups excluding carboxylic acids is 2. The highest BCUT2D eigenvalue weighted by Crippen LogP contribution is 2.27. The van der Waals surface area contributed by atoms with Gasteiger partial charge in [-0.05, 0) is 53.9 Å². The van der Waals surface area contributed by atoms with E-state index in [1.165, 1.54) is 41.5 Å². The van der Waals surface area contributed by atoms with Crippen LogP contribution in [0.3, 0.4) is 0 Å². The zero-order valence-electron chi connectivity index (χ0n) is 21.8. The van der Waals surface area contributed by atoms with Crippen molar-refractivity contribution in [3.05, 3.63) is 0 Å². The molecule has 200 valence electrons. The quantitative estimate of drug-likeness (QED) is 0.239. The number of aliphatic hydroxyl groups excluding tert-OH is 1. The Morgan fingerprint density at radius 1 is 1.06 bits per heavy atom. The molecule has 2 unspecified atom stereocenters. The highest BCUT2D eigenvalue weighted by atomic mass is 32.2. The van der Waals surface area contributed by atoms with Gasteiger partial charge in [0.25, 0.3) is 10.2 Å². The molecule has 0 radical (unpaired) electrons. The van der Waals surface area contributed by atoms with Gasteiger partial charge in [-0.25, -0.2) is 0 Å². The van der Waals surface area contributed by atoms with Crippen LogP contribution in [0.15, 0.2) is 0 Å². The van der Waals surface area contributed by atoms with Crippen LogP contribution < -0.4 is 10.0 Å².